The lowest BCUT2D eigenvalue weighted by Gasteiger charge is -2.13. The van der Waals surface area contributed by atoms with Gasteiger partial charge in [-0.25, -0.2) is 13.2 Å². The maximum atomic E-state index is 11.8. The number of sulfone groups is 1. The van der Waals surface area contributed by atoms with E-state index < -0.39 is 58.7 Å². The van der Waals surface area contributed by atoms with Crippen molar-refractivity contribution in [1.29, 1.82) is 0 Å². The molecule has 11 heteroatoms. The summed E-state index contributed by atoms with van der Waals surface area (Å²) in [7, 11) is -3.84. The van der Waals surface area contributed by atoms with Crippen LogP contribution in [0.1, 0.15) is 13.3 Å². The van der Waals surface area contributed by atoms with E-state index in [4.69, 9.17) is 5.11 Å². The van der Waals surface area contributed by atoms with Crippen LogP contribution in [0.15, 0.2) is 0 Å². The summed E-state index contributed by atoms with van der Waals surface area (Å²) in [4.78, 5) is 21.5. The molecule has 7 nitrogen and oxygen atoms in total. The summed E-state index contributed by atoms with van der Waals surface area (Å²) in [6, 6.07) is -1.59. The first kappa shape index (κ1) is 19.6. The molecular formula is C10H16F3NO6S. The number of carbonyl (C=O) groups is 2. The predicted molar refractivity (Wildman–Crippen MR) is 65.4 cm³/mol. The Morgan fingerprint density at radius 2 is 1.90 bits per heavy atom. The van der Waals surface area contributed by atoms with Crippen LogP contribution in [0.4, 0.5) is 13.2 Å². The van der Waals surface area contributed by atoms with Gasteiger partial charge in [-0.05, 0) is 6.42 Å². The molecule has 2 N–H and O–H groups in total. The third kappa shape index (κ3) is 11.0. The normalized spacial score (nSPS) is 13.7. The van der Waals surface area contributed by atoms with Crippen LogP contribution in [-0.4, -0.2) is 62.3 Å². The highest BCUT2D eigenvalue weighted by Crippen LogP contribution is 2.14. The zero-order chi connectivity index (χ0) is 16.7. The molecule has 21 heavy (non-hydrogen) atoms. The van der Waals surface area contributed by atoms with Crippen LogP contribution in [0, 0.1) is 0 Å². The number of halogens is 3. The SMILES string of the molecule is CC(=O)NC(CS(=O)(=O)CCCOCC(F)(F)F)C(=O)O. The lowest BCUT2D eigenvalue weighted by Crippen LogP contribution is -2.44. The number of aliphatic carboxylic acids is 1. The number of hydrogen-bond acceptors (Lipinski definition) is 5. The number of amides is 1. The minimum absolute atomic E-state index is 0.204. The number of alkyl halides is 3. The average Bonchev–Trinajstić information content (AvgIpc) is 2.24. The Hall–Kier alpha value is -1.36. The molecule has 1 amide bonds. The second kappa shape index (κ2) is 8.17. The number of carbonyl (C=O) groups excluding carboxylic acids is 1. The summed E-state index contributed by atoms with van der Waals surface area (Å²) < 4.78 is 62.7. The van der Waals surface area contributed by atoms with E-state index in [9.17, 15) is 31.2 Å². The van der Waals surface area contributed by atoms with Gasteiger partial charge in [0.1, 0.15) is 12.6 Å². The van der Waals surface area contributed by atoms with Gasteiger partial charge in [0.2, 0.25) is 5.91 Å². The fraction of sp³-hybridized carbons (Fsp3) is 0.800. The first-order valence-corrected chi connectivity index (χ1v) is 7.60. The van der Waals surface area contributed by atoms with Gasteiger partial charge in [0.05, 0.1) is 11.5 Å². The highest BCUT2D eigenvalue weighted by atomic mass is 32.2. The molecule has 0 aliphatic heterocycles. The van der Waals surface area contributed by atoms with Gasteiger partial charge in [-0.2, -0.15) is 13.2 Å². The van der Waals surface area contributed by atoms with E-state index in [1.54, 1.807) is 0 Å². The van der Waals surface area contributed by atoms with Gasteiger partial charge in [-0.1, -0.05) is 0 Å². The fourth-order valence-electron chi connectivity index (χ4n) is 1.33. The van der Waals surface area contributed by atoms with E-state index in [0.717, 1.165) is 6.92 Å². The molecule has 0 saturated heterocycles. The molecule has 0 fully saturated rings. The molecule has 0 aromatic heterocycles. The van der Waals surface area contributed by atoms with Crippen LogP contribution in [0.3, 0.4) is 0 Å². The molecule has 0 rings (SSSR count). The molecule has 0 radical (unpaired) electrons. The molecule has 1 atom stereocenters. The summed E-state index contributed by atoms with van der Waals surface area (Å²) >= 11 is 0. The van der Waals surface area contributed by atoms with E-state index in [1.165, 1.54) is 0 Å². The first-order chi connectivity index (χ1) is 9.43. The van der Waals surface area contributed by atoms with Gasteiger partial charge >= 0.3 is 12.1 Å². The standard InChI is InChI=1S/C10H16F3NO6S/c1-7(15)14-8(9(16)17)5-21(18,19)4-2-3-20-6-10(11,12)13/h8H,2-6H2,1H3,(H,14,15)(H,16,17). The number of carboxylic acids is 1. The monoisotopic (exact) mass is 335 g/mol. The lowest BCUT2D eigenvalue weighted by molar-refractivity contribution is -0.173. The molecule has 1 unspecified atom stereocenters. The van der Waals surface area contributed by atoms with Gasteiger partial charge in [-0.15, -0.1) is 0 Å². The van der Waals surface area contributed by atoms with Crippen molar-refractivity contribution >= 4 is 21.7 Å². The Morgan fingerprint density at radius 1 is 1.33 bits per heavy atom. The molecule has 0 aromatic carbocycles. The highest BCUT2D eigenvalue weighted by molar-refractivity contribution is 7.91. The van der Waals surface area contributed by atoms with E-state index in [1.807, 2.05) is 5.32 Å². The van der Waals surface area contributed by atoms with Crippen LogP contribution < -0.4 is 5.32 Å². The van der Waals surface area contributed by atoms with Crippen LogP contribution in [0.25, 0.3) is 0 Å². The zero-order valence-corrected chi connectivity index (χ0v) is 12.0. The Bertz CT molecular complexity index is 462. The van der Waals surface area contributed by atoms with Gasteiger partial charge < -0.3 is 15.2 Å². The number of rotatable bonds is 9. The quantitative estimate of drug-likeness (QED) is 0.572. The number of hydrogen-bond donors (Lipinski definition) is 2. The van der Waals surface area contributed by atoms with E-state index in [-0.39, 0.29) is 6.42 Å². The minimum Gasteiger partial charge on any atom is -0.480 e. The summed E-state index contributed by atoms with van der Waals surface area (Å²) in [5.74, 6) is -3.58. The second-order valence-electron chi connectivity index (χ2n) is 4.23. The van der Waals surface area contributed by atoms with Gasteiger partial charge in [0.15, 0.2) is 9.84 Å². The average molecular weight is 335 g/mol. The maximum Gasteiger partial charge on any atom is 0.411 e. The van der Waals surface area contributed by atoms with Crippen LogP contribution >= 0.6 is 0 Å². The lowest BCUT2D eigenvalue weighted by atomic mass is 10.3. The molecule has 0 bridgehead atoms. The first-order valence-electron chi connectivity index (χ1n) is 5.78. The fourth-order valence-corrected chi connectivity index (χ4v) is 2.78. The topological polar surface area (TPSA) is 110 Å². The highest BCUT2D eigenvalue weighted by Gasteiger charge is 2.28. The Kier molecular flexibility index (Phi) is 7.64. The number of carboxylic acid groups (broad SMARTS) is 1. The summed E-state index contributed by atoms with van der Waals surface area (Å²) in [6.45, 7) is -0.860. The predicted octanol–water partition coefficient (Wildman–Crippen LogP) is -0.0405. The van der Waals surface area contributed by atoms with Crippen molar-refractivity contribution in [2.75, 3.05) is 24.7 Å². The van der Waals surface area contributed by atoms with Gasteiger partial charge in [-0.3, -0.25) is 4.79 Å². The van der Waals surface area contributed by atoms with Crippen LogP contribution in [0.5, 0.6) is 0 Å². The number of nitrogens with one attached hydrogen (secondary N) is 1. The van der Waals surface area contributed by atoms with E-state index in [0.29, 0.717) is 0 Å². The maximum absolute atomic E-state index is 11.8. The largest absolute Gasteiger partial charge is 0.480 e. The Labute approximate surface area is 119 Å². The van der Waals surface area contributed by atoms with Crippen molar-refractivity contribution in [1.82, 2.24) is 5.32 Å². The third-order valence-corrected chi connectivity index (χ3v) is 3.86. The van der Waals surface area contributed by atoms with Gasteiger partial charge in [0, 0.05) is 13.5 Å². The molecule has 0 aliphatic carbocycles. The molecule has 0 heterocycles. The Balaban J connectivity index is 4.23. The van der Waals surface area contributed by atoms with Crippen LogP contribution in [0.2, 0.25) is 0 Å². The summed E-state index contributed by atoms with van der Waals surface area (Å²) in [6.07, 6.45) is -4.69. The van der Waals surface area contributed by atoms with E-state index in [2.05, 4.69) is 4.74 Å². The van der Waals surface area contributed by atoms with Crippen molar-refractivity contribution in [3.05, 3.63) is 0 Å². The van der Waals surface area contributed by atoms with Crippen molar-refractivity contribution in [2.45, 2.75) is 25.6 Å². The summed E-state index contributed by atoms with van der Waals surface area (Å²) in [5.41, 5.74) is 0. The van der Waals surface area contributed by atoms with Crippen molar-refractivity contribution < 1.29 is 41.0 Å². The second-order valence-corrected chi connectivity index (χ2v) is 6.46. The van der Waals surface area contributed by atoms with Crippen molar-refractivity contribution in [3.63, 3.8) is 0 Å². The smallest absolute Gasteiger partial charge is 0.411 e. The summed E-state index contributed by atoms with van der Waals surface area (Å²) in [5, 5.41) is 10.7. The Morgan fingerprint density at radius 3 is 2.33 bits per heavy atom. The molecule has 0 saturated carbocycles. The third-order valence-electron chi connectivity index (χ3n) is 2.11. The van der Waals surface area contributed by atoms with Crippen LogP contribution in [-0.2, 0) is 24.2 Å². The minimum atomic E-state index is -4.49. The molecule has 0 spiro atoms. The zero-order valence-electron chi connectivity index (χ0n) is 11.1. The molecular weight excluding hydrogens is 319 g/mol. The molecule has 0 aliphatic rings. The number of ether oxygens (including phenoxy) is 1. The van der Waals surface area contributed by atoms with E-state index >= 15 is 0 Å². The van der Waals surface area contributed by atoms with Gasteiger partial charge in [0.25, 0.3) is 0 Å². The molecule has 0 aromatic rings. The van der Waals surface area contributed by atoms with Crippen molar-refractivity contribution in [3.8, 4) is 0 Å². The van der Waals surface area contributed by atoms with Crippen molar-refractivity contribution in [2.24, 2.45) is 0 Å². The molecule has 124 valence electrons.